The number of nitrogens with zero attached hydrogens (tertiary/aromatic N) is 1. The molecule has 112 valence electrons. The van der Waals surface area contributed by atoms with Crippen molar-refractivity contribution < 1.29 is 5.11 Å². The summed E-state index contributed by atoms with van der Waals surface area (Å²) in [4.78, 5) is 2.45. The van der Waals surface area contributed by atoms with Crippen molar-refractivity contribution in [2.45, 2.75) is 58.1 Å². The molecular weight excluding hydrogens is 246 g/mol. The van der Waals surface area contributed by atoms with Crippen LogP contribution in [0.25, 0.3) is 0 Å². The molecule has 0 bridgehead atoms. The zero-order valence-corrected chi connectivity index (χ0v) is 13.2. The van der Waals surface area contributed by atoms with Gasteiger partial charge in [-0.3, -0.25) is 0 Å². The van der Waals surface area contributed by atoms with Crippen LogP contribution in [0.1, 0.15) is 56.3 Å². The lowest BCUT2D eigenvalue weighted by Gasteiger charge is -2.34. The zero-order valence-electron chi connectivity index (χ0n) is 13.2. The van der Waals surface area contributed by atoms with Crippen molar-refractivity contribution in [1.29, 1.82) is 0 Å². The average molecular weight is 275 g/mol. The molecule has 0 aliphatic heterocycles. The fourth-order valence-electron chi connectivity index (χ4n) is 3.15. The molecule has 2 nitrogen and oxygen atoms in total. The second-order valence-corrected chi connectivity index (χ2v) is 6.61. The first-order chi connectivity index (χ1) is 9.56. The molecule has 0 spiro atoms. The molecule has 2 rings (SSSR count). The third-order valence-corrected chi connectivity index (χ3v) is 4.83. The van der Waals surface area contributed by atoms with Crippen molar-refractivity contribution in [1.82, 2.24) is 4.90 Å². The first kappa shape index (κ1) is 15.5. The molecule has 1 aliphatic rings. The molecule has 20 heavy (non-hydrogen) atoms. The lowest BCUT2D eigenvalue weighted by atomic mass is 9.86. The van der Waals surface area contributed by atoms with Gasteiger partial charge in [-0.15, -0.1) is 0 Å². The molecule has 1 saturated carbocycles. The van der Waals surface area contributed by atoms with E-state index in [2.05, 4.69) is 37.9 Å². The maximum atomic E-state index is 10.3. The van der Waals surface area contributed by atoms with Gasteiger partial charge in [0.05, 0.1) is 6.10 Å². The number of hydrogen-bond donors (Lipinski definition) is 1. The Morgan fingerprint density at radius 3 is 2.35 bits per heavy atom. The van der Waals surface area contributed by atoms with E-state index in [1.54, 1.807) is 0 Å². The average Bonchev–Trinajstić information content (AvgIpc) is 2.46. The third kappa shape index (κ3) is 4.32. The number of aryl methyl sites for hydroxylation is 1. The Bertz CT molecular complexity index is 392. The Labute approximate surface area is 123 Å². The Morgan fingerprint density at radius 2 is 1.75 bits per heavy atom. The second-order valence-electron chi connectivity index (χ2n) is 6.61. The van der Waals surface area contributed by atoms with E-state index in [1.165, 1.54) is 31.2 Å². The summed E-state index contributed by atoms with van der Waals surface area (Å²) in [5.41, 5.74) is 2.29. The molecule has 0 heterocycles. The van der Waals surface area contributed by atoms with Crippen molar-refractivity contribution >= 4 is 0 Å². The Morgan fingerprint density at radius 1 is 1.15 bits per heavy atom. The van der Waals surface area contributed by atoms with Gasteiger partial charge in [-0.1, -0.05) is 36.8 Å². The van der Waals surface area contributed by atoms with Gasteiger partial charge >= 0.3 is 0 Å². The van der Waals surface area contributed by atoms with Crippen molar-refractivity contribution in [2.24, 2.45) is 5.92 Å². The maximum Gasteiger partial charge on any atom is 0.0802 e. The Hall–Kier alpha value is -0.860. The van der Waals surface area contributed by atoms with Crippen LogP contribution >= 0.6 is 0 Å². The molecule has 1 atom stereocenters. The molecular formula is C18H29NO. The minimum atomic E-state index is -0.333. The van der Waals surface area contributed by atoms with Crippen LogP contribution in [0.3, 0.4) is 0 Å². The minimum absolute atomic E-state index is 0.333. The van der Waals surface area contributed by atoms with Crippen LogP contribution in [0.5, 0.6) is 0 Å². The fraction of sp³-hybridized carbons (Fsp3) is 0.667. The zero-order chi connectivity index (χ0) is 14.5. The molecule has 1 aliphatic carbocycles. The van der Waals surface area contributed by atoms with Gasteiger partial charge in [0.2, 0.25) is 0 Å². The lowest BCUT2D eigenvalue weighted by Crippen LogP contribution is -2.35. The molecule has 0 saturated heterocycles. The van der Waals surface area contributed by atoms with Crippen LogP contribution in [0, 0.1) is 12.8 Å². The van der Waals surface area contributed by atoms with Gasteiger partial charge in [-0.05, 0) is 57.6 Å². The predicted molar refractivity (Wildman–Crippen MR) is 84.8 cm³/mol. The quantitative estimate of drug-likeness (QED) is 0.880. The fourth-order valence-corrected chi connectivity index (χ4v) is 3.15. The van der Waals surface area contributed by atoms with Crippen LogP contribution < -0.4 is 0 Å². The predicted octanol–water partition coefficient (Wildman–Crippen LogP) is 3.93. The Kier molecular flexibility index (Phi) is 5.62. The first-order valence-electron chi connectivity index (χ1n) is 8.01. The van der Waals surface area contributed by atoms with Crippen LogP contribution in [0.15, 0.2) is 24.3 Å². The van der Waals surface area contributed by atoms with Gasteiger partial charge in [-0.25, -0.2) is 0 Å². The number of hydrogen-bond acceptors (Lipinski definition) is 2. The molecule has 1 fully saturated rings. The highest BCUT2D eigenvalue weighted by atomic mass is 16.3. The minimum Gasteiger partial charge on any atom is -0.388 e. The van der Waals surface area contributed by atoms with E-state index < -0.39 is 0 Å². The van der Waals surface area contributed by atoms with Gasteiger partial charge in [0.25, 0.3) is 0 Å². The monoisotopic (exact) mass is 275 g/mol. The molecule has 0 aromatic heterocycles. The summed E-state index contributed by atoms with van der Waals surface area (Å²) in [7, 11) is 2.21. The van der Waals surface area contributed by atoms with Gasteiger partial charge < -0.3 is 10.0 Å². The number of benzene rings is 1. The van der Waals surface area contributed by atoms with Gasteiger partial charge in [0, 0.05) is 12.6 Å². The highest BCUT2D eigenvalue weighted by Crippen LogP contribution is 2.27. The maximum absolute atomic E-state index is 10.3. The molecule has 1 unspecified atom stereocenters. The van der Waals surface area contributed by atoms with Crippen molar-refractivity contribution in [3.63, 3.8) is 0 Å². The SMILES string of the molecule is Cc1ccc(C(O)CCN(C)C2CCC(C)CC2)cc1. The molecule has 1 aromatic rings. The van der Waals surface area contributed by atoms with Crippen LogP contribution in [-0.4, -0.2) is 29.6 Å². The van der Waals surface area contributed by atoms with E-state index in [9.17, 15) is 5.11 Å². The number of aliphatic hydroxyl groups is 1. The highest BCUT2D eigenvalue weighted by molar-refractivity contribution is 5.23. The van der Waals surface area contributed by atoms with E-state index in [-0.39, 0.29) is 6.10 Å². The summed E-state index contributed by atoms with van der Waals surface area (Å²) in [6, 6.07) is 8.96. The summed E-state index contributed by atoms with van der Waals surface area (Å²) in [5, 5.41) is 10.3. The van der Waals surface area contributed by atoms with Gasteiger partial charge in [-0.2, -0.15) is 0 Å². The molecule has 2 heteroatoms. The largest absolute Gasteiger partial charge is 0.388 e. The van der Waals surface area contributed by atoms with E-state index in [4.69, 9.17) is 0 Å². The number of rotatable bonds is 5. The topological polar surface area (TPSA) is 23.5 Å². The van der Waals surface area contributed by atoms with Gasteiger partial charge in [0.1, 0.15) is 0 Å². The Balaban J connectivity index is 1.77. The van der Waals surface area contributed by atoms with Crippen molar-refractivity contribution in [3.05, 3.63) is 35.4 Å². The molecule has 0 amide bonds. The molecule has 1 N–H and O–H groups in total. The van der Waals surface area contributed by atoms with Crippen LogP contribution in [0.4, 0.5) is 0 Å². The van der Waals surface area contributed by atoms with Crippen molar-refractivity contribution in [3.8, 4) is 0 Å². The summed E-state index contributed by atoms with van der Waals surface area (Å²) in [5.74, 6) is 0.901. The highest BCUT2D eigenvalue weighted by Gasteiger charge is 2.22. The molecule has 0 radical (unpaired) electrons. The number of aliphatic hydroxyl groups excluding tert-OH is 1. The standard InChI is InChI=1S/C18H29NO/c1-14-4-8-16(9-5-14)18(20)12-13-19(3)17-10-6-15(2)7-11-17/h4-5,8-9,15,17-18,20H,6-7,10-13H2,1-3H3. The van der Waals surface area contributed by atoms with E-state index in [0.29, 0.717) is 0 Å². The van der Waals surface area contributed by atoms with E-state index >= 15 is 0 Å². The van der Waals surface area contributed by atoms with Gasteiger partial charge in [0.15, 0.2) is 0 Å². The lowest BCUT2D eigenvalue weighted by molar-refractivity contribution is 0.119. The summed E-state index contributed by atoms with van der Waals surface area (Å²) in [6.07, 6.45) is 5.84. The summed E-state index contributed by atoms with van der Waals surface area (Å²) in [6.45, 7) is 5.42. The summed E-state index contributed by atoms with van der Waals surface area (Å²) < 4.78 is 0. The second kappa shape index (κ2) is 7.24. The smallest absolute Gasteiger partial charge is 0.0802 e. The normalized spacial score (nSPS) is 24.9. The van der Waals surface area contributed by atoms with Crippen LogP contribution in [-0.2, 0) is 0 Å². The summed E-state index contributed by atoms with van der Waals surface area (Å²) >= 11 is 0. The first-order valence-corrected chi connectivity index (χ1v) is 8.01. The third-order valence-electron chi connectivity index (χ3n) is 4.83. The van der Waals surface area contributed by atoms with Crippen LogP contribution in [0.2, 0.25) is 0 Å². The van der Waals surface area contributed by atoms with Crippen molar-refractivity contribution in [2.75, 3.05) is 13.6 Å². The van der Waals surface area contributed by atoms with E-state index in [1.807, 2.05) is 12.1 Å². The van der Waals surface area contributed by atoms with E-state index in [0.717, 1.165) is 30.5 Å². The molecule has 1 aromatic carbocycles.